The van der Waals surface area contributed by atoms with Gasteiger partial charge in [0.2, 0.25) is 0 Å². The van der Waals surface area contributed by atoms with Crippen molar-refractivity contribution < 1.29 is 4.42 Å². The average Bonchev–Trinajstić information content (AvgIpc) is 2.97. The zero-order valence-corrected chi connectivity index (χ0v) is 9.11. The van der Waals surface area contributed by atoms with Crippen LogP contribution in [-0.2, 0) is 7.05 Å². The van der Waals surface area contributed by atoms with Crippen LogP contribution in [-0.4, -0.2) is 26.0 Å². The van der Waals surface area contributed by atoms with E-state index in [2.05, 4.69) is 20.1 Å². The second-order valence-corrected chi connectivity index (χ2v) is 3.49. The van der Waals surface area contributed by atoms with Crippen molar-refractivity contribution >= 4 is 23.2 Å². The van der Waals surface area contributed by atoms with Crippen molar-refractivity contribution in [1.82, 2.24) is 19.7 Å². The minimum absolute atomic E-state index is 0.387. The molecule has 0 atom stereocenters. The minimum Gasteiger partial charge on any atom is -0.463 e. The van der Waals surface area contributed by atoms with Crippen LogP contribution in [0, 0.1) is 0 Å². The van der Waals surface area contributed by atoms with E-state index in [1.807, 2.05) is 13.1 Å². The SMILES string of the molecule is Cn1ncc2cnc(/N=C/c3ccco3)nc21. The van der Waals surface area contributed by atoms with E-state index < -0.39 is 0 Å². The van der Waals surface area contributed by atoms with E-state index in [0.29, 0.717) is 11.7 Å². The number of aliphatic imine (C=N–C) groups is 1. The maximum Gasteiger partial charge on any atom is 0.251 e. The Bertz CT molecular complexity index is 668. The highest BCUT2D eigenvalue weighted by Gasteiger charge is 2.02. The number of aromatic nitrogens is 4. The Hall–Kier alpha value is -2.50. The topological polar surface area (TPSA) is 69.1 Å². The Balaban J connectivity index is 1.98. The molecule has 0 amide bonds. The monoisotopic (exact) mass is 227 g/mol. The molecule has 0 saturated heterocycles. The zero-order chi connectivity index (χ0) is 11.7. The van der Waals surface area contributed by atoms with Gasteiger partial charge in [0.25, 0.3) is 5.95 Å². The molecule has 0 N–H and O–H groups in total. The maximum absolute atomic E-state index is 5.13. The van der Waals surface area contributed by atoms with Gasteiger partial charge in [-0.05, 0) is 12.1 Å². The predicted octanol–water partition coefficient (Wildman–Crippen LogP) is 1.71. The summed E-state index contributed by atoms with van der Waals surface area (Å²) in [6, 6.07) is 3.61. The number of hydrogen-bond donors (Lipinski definition) is 0. The molecule has 0 saturated carbocycles. The number of fused-ring (bicyclic) bond motifs is 1. The minimum atomic E-state index is 0.387. The van der Waals surface area contributed by atoms with Crippen molar-refractivity contribution in [3.63, 3.8) is 0 Å². The molecule has 3 aromatic rings. The Labute approximate surface area is 96.6 Å². The molecule has 0 radical (unpaired) electrons. The molecule has 0 aromatic carbocycles. The Morgan fingerprint density at radius 3 is 3.18 bits per heavy atom. The van der Waals surface area contributed by atoms with Crippen LogP contribution in [0.2, 0.25) is 0 Å². The van der Waals surface area contributed by atoms with Crippen LogP contribution in [0.15, 0.2) is 40.2 Å². The summed E-state index contributed by atoms with van der Waals surface area (Å²) in [6.07, 6.45) is 6.59. The van der Waals surface area contributed by atoms with Gasteiger partial charge in [0.1, 0.15) is 5.76 Å². The summed E-state index contributed by atoms with van der Waals surface area (Å²) in [5.74, 6) is 1.05. The maximum atomic E-state index is 5.13. The molecule has 0 aliphatic carbocycles. The summed E-state index contributed by atoms with van der Waals surface area (Å²) in [6.45, 7) is 0. The molecule has 6 heteroatoms. The summed E-state index contributed by atoms with van der Waals surface area (Å²) in [5, 5.41) is 4.98. The van der Waals surface area contributed by atoms with E-state index in [-0.39, 0.29) is 0 Å². The van der Waals surface area contributed by atoms with Crippen LogP contribution in [0.1, 0.15) is 5.76 Å². The fourth-order valence-corrected chi connectivity index (χ4v) is 1.48. The number of aryl methyl sites for hydroxylation is 1. The van der Waals surface area contributed by atoms with Crippen molar-refractivity contribution in [3.05, 3.63) is 36.5 Å². The third kappa shape index (κ3) is 1.80. The molecule has 0 spiro atoms. The molecule has 0 aliphatic rings. The van der Waals surface area contributed by atoms with Gasteiger partial charge >= 0.3 is 0 Å². The molecule has 6 nitrogen and oxygen atoms in total. The smallest absolute Gasteiger partial charge is 0.251 e. The van der Waals surface area contributed by atoms with Crippen molar-refractivity contribution in [2.45, 2.75) is 0 Å². The Morgan fingerprint density at radius 2 is 2.35 bits per heavy atom. The van der Waals surface area contributed by atoms with Crippen molar-refractivity contribution in [2.24, 2.45) is 12.0 Å². The molecule has 84 valence electrons. The Kier molecular flexibility index (Phi) is 2.18. The van der Waals surface area contributed by atoms with Crippen LogP contribution in [0.5, 0.6) is 0 Å². The highest BCUT2D eigenvalue weighted by molar-refractivity contribution is 5.79. The normalized spacial score (nSPS) is 11.6. The summed E-state index contributed by atoms with van der Waals surface area (Å²) in [4.78, 5) is 12.5. The van der Waals surface area contributed by atoms with Crippen LogP contribution in [0.4, 0.5) is 5.95 Å². The average molecular weight is 227 g/mol. The van der Waals surface area contributed by atoms with Gasteiger partial charge in [0.15, 0.2) is 5.65 Å². The van der Waals surface area contributed by atoms with Crippen molar-refractivity contribution in [1.29, 1.82) is 0 Å². The van der Waals surface area contributed by atoms with Gasteiger partial charge in [0.05, 0.1) is 24.1 Å². The molecule has 0 aliphatic heterocycles. The van der Waals surface area contributed by atoms with Crippen LogP contribution in [0.3, 0.4) is 0 Å². The molecule has 0 bridgehead atoms. The summed E-state index contributed by atoms with van der Waals surface area (Å²) < 4.78 is 6.81. The predicted molar refractivity (Wildman–Crippen MR) is 62.3 cm³/mol. The van der Waals surface area contributed by atoms with Crippen molar-refractivity contribution in [3.8, 4) is 0 Å². The molecule has 0 fully saturated rings. The second kappa shape index (κ2) is 3.82. The summed E-state index contributed by atoms with van der Waals surface area (Å²) in [5.41, 5.74) is 0.756. The first-order valence-corrected chi connectivity index (χ1v) is 5.05. The number of furan rings is 1. The molecular formula is C11H9N5O. The fraction of sp³-hybridized carbons (Fsp3) is 0.0909. The lowest BCUT2D eigenvalue weighted by atomic mass is 10.4. The van der Waals surface area contributed by atoms with E-state index in [1.165, 1.54) is 0 Å². The first-order chi connectivity index (χ1) is 8.33. The van der Waals surface area contributed by atoms with E-state index >= 15 is 0 Å². The van der Waals surface area contributed by atoms with E-state index in [4.69, 9.17) is 4.42 Å². The molecular weight excluding hydrogens is 218 g/mol. The van der Waals surface area contributed by atoms with Crippen LogP contribution < -0.4 is 0 Å². The van der Waals surface area contributed by atoms with Gasteiger partial charge in [-0.25, -0.2) is 9.98 Å². The second-order valence-electron chi connectivity index (χ2n) is 3.49. The highest BCUT2D eigenvalue weighted by Crippen LogP contribution is 2.12. The van der Waals surface area contributed by atoms with E-state index in [1.54, 1.807) is 35.6 Å². The summed E-state index contributed by atoms with van der Waals surface area (Å²) >= 11 is 0. The quantitative estimate of drug-likeness (QED) is 0.625. The number of nitrogens with zero attached hydrogens (tertiary/aromatic N) is 5. The van der Waals surface area contributed by atoms with Crippen molar-refractivity contribution in [2.75, 3.05) is 0 Å². The van der Waals surface area contributed by atoms with Crippen LogP contribution in [0.25, 0.3) is 11.0 Å². The van der Waals surface area contributed by atoms with Gasteiger partial charge in [-0.15, -0.1) is 0 Å². The highest BCUT2D eigenvalue weighted by atomic mass is 16.3. The fourth-order valence-electron chi connectivity index (χ4n) is 1.48. The lowest BCUT2D eigenvalue weighted by Crippen LogP contribution is -1.92. The molecule has 3 heterocycles. The molecule has 3 aromatic heterocycles. The lowest BCUT2D eigenvalue weighted by molar-refractivity contribution is 0.560. The van der Waals surface area contributed by atoms with Gasteiger partial charge < -0.3 is 4.42 Å². The first-order valence-electron chi connectivity index (χ1n) is 5.05. The van der Waals surface area contributed by atoms with Gasteiger partial charge in [-0.3, -0.25) is 4.68 Å². The van der Waals surface area contributed by atoms with Gasteiger partial charge in [-0.1, -0.05) is 0 Å². The van der Waals surface area contributed by atoms with E-state index in [9.17, 15) is 0 Å². The van der Waals surface area contributed by atoms with Crippen LogP contribution >= 0.6 is 0 Å². The third-order valence-corrected chi connectivity index (χ3v) is 2.31. The standard InChI is InChI=1S/C11H9N5O/c1-16-10-8(6-14-16)5-12-11(15-10)13-7-9-3-2-4-17-9/h2-7H,1H3/b13-7+. The van der Waals surface area contributed by atoms with Gasteiger partial charge in [-0.2, -0.15) is 10.1 Å². The van der Waals surface area contributed by atoms with Gasteiger partial charge in [0, 0.05) is 13.2 Å². The lowest BCUT2D eigenvalue weighted by Gasteiger charge is -1.94. The zero-order valence-electron chi connectivity index (χ0n) is 9.11. The molecule has 0 unspecified atom stereocenters. The largest absolute Gasteiger partial charge is 0.463 e. The number of hydrogen-bond acceptors (Lipinski definition) is 5. The number of rotatable bonds is 2. The Morgan fingerprint density at radius 1 is 1.41 bits per heavy atom. The molecule has 17 heavy (non-hydrogen) atoms. The summed E-state index contributed by atoms with van der Waals surface area (Å²) in [7, 11) is 1.83. The first kappa shape index (κ1) is 9.71. The van der Waals surface area contributed by atoms with E-state index in [0.717, 1.165) is 11.0 Å². The molecule has 3 rings (SSSR count). The third-order valence-electron chi connectivity index (χ3n) is 2.31.